The lowest BCUT2D eigenvalue weighted by molar-refractivity contribution is 0.0467. The first-order chi connectivity index (χ1) is 16.5. The Balaban J connectivity index is 1.54. The average Bonchev–Trinajstić information content (AvgIpc) is 2.87. The zero-order valence-corrected chi connectivity index (χ0v) is 18.1. The Morgan fingerprint density at radius 3 is 2.41 bits per heavy atom. The van der Waals surface area contributed by atoms with Crippen LogP contribution in [0.25, 0.3) is 27.4 Å². The van der Waals surface area contributed by atoms with Crippen LogP contribution in [0, 0.1) is 0 Å². The van der Waals surface area contributed by atoms with E-state index in [1.54, 1.807) is 66.7 Å². The number of esters is 1. The van der Waals surface area contributed by atoms with Crippen molar-refractivity contribution in [3.63, 3.8) is 0 Å². The number of methoxy groups -OCH3 is 1. The van der Waals surface area contributed by atoms with Crippen molar-refractivity contribution in [3.05, 3.63) is 111 Å². The van der Waals surface area contributed by atoms with Gasteiger partial charge in [-0.2, -0.15) is 9.78 Å². The molecule has 168 valence electrons. The third kappa shape index (κ3) is 3.81. The van der Waals surface area contributed by atoms with E-state index in [-0.39, 0.29) is 17.9 Å². The summed E-state index contributed by atoms with van der Waals surface area (Å²) in [6.07, 6.45) is 0. The van der Waals surface area contributed by atoms with Crippen LogP contribution < -0.4 is 15.9 Å². The van der Waals surface area contributed by atoms with E-state index in [4.69, 9.17) is 13.9 Å². The molecule has 0 saturated carbocycles. The summed E-state index contributed by atoms with van der Waals surface area (Å²) in [5.41, 5.74) is 0.384. The van der Waals surface area contributed by atoms with Crippen LogP contribution in [0.3, 0.4) is 0 Å². The van der Waals surface area contributed by atoms with Crippen molar-refractivity contribution in [2.24, 2.45) is 0 Å². The molecule has 0 bridgehead atoms. The summed E-state index contributed by atoms with van der Waals surface area (Å²) in [5.74, 6) is -0.195. The summed E-state index contributed by atoms with van der Waals surface area (Å²) >= 11 is 0. The molecule has 0 aliphatic rings. The van der Waals surface area contributed by atoms with Gasteiger partial charge in [0.05, 0.1) is 18.2 Å². The molecule has 0 fully saturated rings. The maximum atomic E-state index is 13.1. The first-order valence-corrected chi connectivity index (χ1v) is 10.4. The van der Waals surface area contributed by atoms with Crippen LogP contribution in [-0.2, 0) is 11.3 Å². The van der Waals surface area contributed by atoms with Crippen LogP contribution in [0.15, 0.2) is 92.9 Å². The summed E-state index contributed by atoms with van der Waals surface area (Å²) in [7, 11) is 1.51. The zero-order valence-electron chi connectivity index (χ0n) is 18.1. The number of fused-ring (bicyclic) bond motifs is 2. The second-order valence-electron chi connectivity index (χ2n) is 7.48. The largest absolute Gasteiger partial charge is 0.497 e. The normalized spacial score (nSPS) is 11.0. The van der Waals surface area contributed by atoms with Crippen molar-refractivity contribution in [2.75, 3.05) is 7.11 Å². The molecule has 5 aromatic rings. The van der Waals surface area contributed by atoms with E-state index in [2.05, 4.69) is 5.10 Å². The highest BCUT2D eigenvalue weighted by Crippen LogP contribution is 2.23. The highest BCUT2D eigenvalue weighted by molar-refractivity contribution is 6.02. The Morgan fingerprint density at radius 2 is 1.65 bits per heavy atom. The fourth-order valence-corrected chi connectivity index (χ4v) is 3.75. The van der Waals surface area contributed by atoms with Gasteiger partial charge >= 0.3 is 11.6 Å². The Morgan fingerprint density at radius 1 is 0.912 bits per heavy atom. The predicted molar refractivity (Wildman–Crippen MR) is 125 cm³/mol. The van der Waals surface area contributed by atoms with Crippen molar-refractivity contribution in [2.45, 2.75) is 6.61 Å². The highest BCUT2D eigenvalue weighted by Gasteiger charge is 2.19. The molecular weight excluding hydrogens is 436 g/mol. The van der Waals surface area contributed by atoms with Gasteiger partial charge in [-0.15, -0.1) is 0 Å². The number of rotatable bonds is 5. The maximum absolute atomic E-state index is 13.1. The topological polar surface area (TPSA) is 101 Å². The first-order valence-electron chi connectivity index (χ1n) is 10.4. The van der Waals surface area contributed by atoms with Gasteiger partial charge < -0.3 is 13.9 Å². The average molecular weight is 454 g/mol. The number of hydrogen-bond donors (Lipinski definition) is 0. The van der Waals surface area contributed by atoms with Crippen LogP contribution in [0.1, 0.15) is 16.1 Å². The molecule has 0 unspecified atom stereocenters. The number of benzene rings is 3. The number of ether oxygens (including phenoxy) is 2. The molecule has 0 radical (unpaired) electrons. The third-order valence-electron chi connectivity index (χ3n) is 5.40. The van der Waals surface area contributed by atoms with Crippen LogP contribution >= 0.6 is 0 Å². The van der Waals surface area contributed by atoms with Gasteiger partial charge in [0.15, 0.2) is 5.69 Å². The van der Waals surface area contributed by atoms with Crippen molar-refractivity contribution < 1.29 is 18.7 Å². The van der Waals surface area contributed by atoms with Crippen LogP contribution in [0.5, 0.6) is 5.75 Å². The molecule has 0 aliphatic carbocycles. The molecule has 0 spiro atoms. The van der Waals surface area contributed by atoms with E-state index in [1.165, 1.54) is 17.9 Å². The Bertz CT molecular complexity index is 1650. The number of carbonyl (C=O) groups is 1. The third-order valence-corrected chi connectivity index (χ3v) is 5.40. The van der Waals surface area contributed by atoms with Gasteiger partial charge in [-0.3, -0.25) is 4.79 Å². The molecule has 0 atom stereocenters. The molecule has 0 amide bonds. The smallest absolute Gasteiger partial charge is 0.359 e. The minimum atomic E-state index is -0.726. The molecule has 2 aromatic heterocycles. The van der Waals surface area contributed by atoms with Crippen LogP contribution in [-0.4, -0.2) is 22.9 Å². The quantitative estimate of drug-likeness (QED) is 0.294. The monoisotopic (exact) mass is 454 g/mol. The Kier molecular flexibility index (Phi) is 5.39. The minimum absolute atomic E-state index is 0.00649. The zero-order chi connectivity index (χ0) is 23.7. The second-order valence-corrected chi connectivity index (χ2v) is 7.48. The van der Waals surface area contributed by atoms with Gasteiger partial charge in [-0.25, -0.2) is 9.59 Å². The minimum Gasteiger partial charge on any atom is -0.497 e. The van der Waals surface area contributed by atoms with Crippen LogP contribution in [0.2, 0.25) is 0 Å². The van der Waals surface area contributed by atoms with Gasteiger partial charge in [-0.05, 0) is 30.3 Å². The second kappa shape index (κ2) is 8.67. The standard InChI is InChI=1S/C26H18N2O6/c1-32-18-11-12-19-16(13-23(29)34-22(19)14-18)15-33-26(31)24-20-9-5-6-10-21(20)25(30)28(27-24)17-7-3-2-4-8-17/h2-14H,15H2,1H3. The molecule has 34 heavy (non-hydrogen) atoms. The van der Waals surface area contributed by atoms with E-state index in [0.717, 1.165) is 0 Å². The molecule has 0 N–H and O–H groups in total. The first kappa shape index (κ1) is 21.1. The van der Waals surface area contributed by atoms with Crippen molar-refractivity contribution in [3.8, 4) is 11.4 Å². The van der Waals surface area contributed by atoms with Crippen LogP contribution in [0.4, 0.5) is 0 Å². The molecule has 8 heteroatoms. The van der Waals surface area contributed by atoms with E-state index >= 15 is 0 Å². The number of carbonyl (C=O) groups excluding carboxylic acids is 1. The molecule has 0 aliphatic heterocycles. The fourth-order valence-electron chi connectivity index (χ4n) is 3.75. The lowest BCUT2D eigenvalue weighted by Crippen LogP contribution is -2.25. The van der Waals surface area contributed by atoms with Crippen molar-refractivity contribution in [1.82, 2.24) is 9.78 Å². The van der Waals surface area contributed by atoms with Gasteiger partial charge in [0.25, 0.3) is 5.56 Å². The van der Waals surface area contributed by atoms with Crippen molar-refractivity contribution in [1.29, 1.82) is 0 Å². The lowest BCUT2D eigenvalue weighted by Gasteiger charge is -2.11. The van der Waals surface area contributed by atoms with Gasteiger partial charge in [0.2, 0.25) is 0 Å². The molecular formula is C26H18N2O6. The summed E-state index contributed by atoms with van der Waals surface area (Å²) in [6, 6.07) is 21.9. The number of aromatic nitrogens is 2. The molecule has 0 saturated heterocycles. The summed E-state index contributed by atoms with van der Waals surface area (Å²) in [6.45, 7) is -0.187. The fraction of sp³-hybridized carbons (Fsp3) is 0.0769. The Labute approximate surface area is 192 Å². The number of para-hydroxylation sites is 1. The van der Waals surface area contributed by atoms with E-state index < -0.39 is 11.6 Å². The van der Waals surface area contributed by atoms with E-state index in [1.807, 2.05) is 6.07 Å². The number of hydrogen-bond acceptors (Lipinski definition) is 7. The molecule has 3 aromatic carbocycles. The summed E-state index contributed by atoms with van der Waals surface area (Å²) in [4.78, 5) is 38.2. The van der Waals surface area contributed by atoms with E-state index in [9.17, 15) is 14.4 Å². The molecule has 2 heterocycles. The lowest BCUT2D eigenvalue weighted by atomic mass is 10.1. The van der Waals surface area contributed by atoms with E-state index in [0.29, 0.717) is 38.7 Å². The van der Waals surface area contributed by atoms with Crippen molar-refractivity contribution >= 4 is 27.7 Å². The van der Waals surface area contributed by atoms with Gasteiger partial charge in [-0.1, -0.05) is 36.4 Å². The Hall–Kier alpha value is -4.72. The SMILES string of the molecule is COc1ccc2c(COC(=O)c3nn(-c4ccccc4)c(=O)c4ccccc34)cc(=O)oc2c1. The summed E-state index contributed by atoms with van der Waals surface area (Å²) in [5, 5.41) is 5.65. The predicted octanol–water partition coefficient (Wildman–Crippen LogP) is 3.86. The highest BCUT2D eigenvalue weighted by atomic mass is 16.5. The maximum Gasteiger partial charge on any atom is 0.359 e. The van der Waals surface area contributed by atoms with Gasteiger partial charge in [0.1, 0.15) is 17.9 Å². The molecule has 5 rings (SSSR count). The number of nitrogens with zero attached hydrogens (tertiary/aromatic N) is 2. The summed E-state index contributed by atoms with van der Waals surface area (Å²) < 4.78 is 17.1. The molecule has 8 nitrogen and oxygen atoms in total. The van der Waals surface area contributed by atoms with Gasteiger partial charge in [0, 0.05) is 28.5 Å².